The van der Waals surface area contributed by atoms with Gasteiger partial charge in [0.15, 0.2) is 6.61 Å². The molecule has 1 aromatic carbocycles. The summed E-state index contributed by atoms with van der Waals surface area (Å²) in [4.78, 5) is 28.3. The molecule has 1 aromatic rings. The van der Waals surface area contributed by atoms with Gasteiger partial charge in [-0.25, -0.2) is 0 Å². The molecule has 0 atom stereocenters. The predicted molar refractivity (Wildman–Crippen MR) is 98.8 cm³/mol. The third-order valence-corrected chi connectivity index (χ3v) is 4.85. The van der Waals surface area contributed by atoms with Gasteiger partial charge < -0.3 is 14.5 Å². The SMILES string of the molecule is CCCCN(C)C(=O)C1CCN(C(=O)COc2ccc(Cl)cc2)CC1. The largest absolute Gasteiger partial charge is 0.484 e. The van der Waals surface area contributed by atoms with Crippen molar-refractivity contribution in [3.8, 4) is 5.75 Å². The van der Waals surface area contributed by atoms with Gasteiger partial charge in [-0.1, -0.05) is 24.9 Å². The van der Waals surface area contributed by atoms with E-state index in [2.05, 4.69) is 6.92 Å². The quantitative estimate of drug-likeness (QED) is 0.744. The van der Waals surface area contributed by atoms with Gasteiger partial charge in [0.1, 0.15) is 5.75 Å². The number of piperidine rings is 1. The number of hydrogen-bond donors (Lipinski definition) is 0. The summed E-state index contributed by atoms with van der Waals surface area (Å²) in [6.07, 6.45) is 3.56. The number of rotatable bonds is 7. The van der Waals surface area contributed by atoms with Gasteiger partial charge >= 0.3 is 0 Å². The van der Waals surface area contributed by atoms with Crippen molar-refractivity contribution >= 4 is 23.4 Å². The first-order valence-electron chi connectivity index (χ1n) is 8.92. The van der Waals surface area contributed by atoms with E-state index < -0.39 is 0 Å². The van der Waals surface area contributed by atoms with Crippen LogP contribution >= 0.6 is 11.6 Å². The number of benzene rings is 1. The molecule has 5 nitrogen and oxygen atoms in total. The normalized spacial score (nSPS) is 15.1. The molecule has 6 heteroatoms. The van der Waals surface area contributed by atoms with Gasteiger partial charge in [0, 0.05) is 37.6 Å². The van der Waals surface area contributed by atoms with Crippen molar-refractivity contribution < 1.29 is 14.3 Å². The second-order valence-electron chi connectivity index (χ2n) is 6.51. The maximum absolute atomic E-state index is 12.4. The number of hydrogen-bond acceptors (Lipinski definition) is 3. The van der Waals surface area contributed by atoms with Crippen molar-refractivity contribution in [1.29, 1.82) is 0 Å². The smallest absolute Gasteiger partial charge is 0.260 e. The average Bonchev–Trinajstić information content (AvgIpc) is 2.65. The Morgan fingerprint density at radius 3 is 2.48 bits per heavy atom. The molecule has 138 valence electrons. The van der Waals surface area contributed by atoms with Crippen LogP contribution < -0.4 is 4.74 Å². The van der Waals surface area contributed by atoms with Crippen LogP contribution in [0.15, 0.2) is 24.3 Å². The number of amides is 2. The highest BCUT2D eigenvalue weighted by atomic mass is 35.5. The Morgan fingerprint density at radius 1 is 1.24 bits per heavy atom. The molecule has 1 aliphatic heterocycles. The van der Waals surface area contributed by atoms with Crippen molar-refractivity contribution in [1.82, 2.24) is 9.80 Å². The number of unbranched alkanes of at least 4 members (excludes halogenated alkanes) is 1. The first kappa shape index (κ1) is 19.6. The van der Waals surface area contributed by atoms with Gasteiger partial charge in [-0.2, -0.15) is 0 Å². The lowest BCUT2D eigenvalue weighted by molar-refractivity contribution is -0.140. The molecule has 0 radical (unpaired) electrons. The van der Waals surface area contributed by atoms with Gasteiger partial charge in [0.05, 0.1) is 0 Å². The zero-order chi connectivity index (χ0) is 18.2. The molecular weight excluding hydrogens is 340 g/mol. The number of nitrogens with zero attached hydrogens (tertiary/aromatic N) is 2. The summed E-state index contributed by atoms with van der Waals surface area (Å²) in [7, 11) is 1.87. The van der Waals surface area contributed by atoms with Crippen LogP contribution in [0.4, 0.5) is 0 Å². The van der Waals surface area contributed by atoms with E-state index in [4.69, 9.17) is 16.3 Å². The molecule has 1 fully saturated rings. The monoisotopic (exact) mass is 366 g/mol. The molecular formula is C19H27ClN2O3. The first-order chi connectivity index (χ1) is 12.0. The lowest BCUT2D eigenvalue weighted by atomic mass is 9.95. The third kappa shape index (κ3) is 5.92. The molecule has 2 rings (SSSR count). The summed E-state index contributed by atoms with van der Waals surface area (Å²) in [5, 5.41) is 0.634. The Bertz CT molecular complexity index is 569. The second-order valence-corrected chi connectivity index (χ2v) is 6.95. The highest BCUT2D eigenvalue weighted by Gasteiger charge is 2.29. The fourth-order valence-corrected chi connectivity index (χ4v) is 3.09. The lowest BCUT2D eigenvalue weighted by Crippen LogP contribution is -2.45. The van der Waals surface area contributed by atoms with Crippen LogP contribution in [0.2, 0.25) is 5.02 Å². The summed E-state index contributed by atoms with van der Waals surface area (Å²) in [5.41, 5.74) is 0. The topological polar surface area (TPSA) is 49.9 Å². The fourth-order valence-electron chi connectivity index (χ4n) is 2.96. The summed E-state index contributed by atoms with van der Waals surface area (Å²) >= 11 is 5.82. The molecule has 1 saturated heterocycles. The van der Waals surface area contributed by atoms with Gasteiger partial charge in [0.2, 0.25) is 5.91 Å². The lowest BCUT2D eigenvalue weighted by Gasteiger charge is -2.33. The van der Waals surface area contributed by atoms with Crippen molar-refractivity contribution in [3.05, 3.63) is 29.3 Å². The molecule has 0 unspecified atom stereocenters. The van der Waals surface area contributed by atoms with E-state index in [1.54, 1.807) is 29.2 Å². The van der Waals surface area contributed by atoms with Gasteiger partial charge in [0.25, 0.3) is 5.91 Å². The predicted octanol–water partition coefficient (Wildman–Crippen LogP) is 3.22. The Labute approximate surface area is 154 Å². The summed E-state index contributed by atoms with van der Waals surface area (Å²) in [6, 6.07) is 6.94. The molecule has 1 aliphatic rings. The number of halogens is 1. The van der Waals surface area contributed by atoms with Gasteiger partial charge in [-0.3, -0.25) is 9.59 Å². The minimum absolute atomic E-state index is 0.0106. The van der Waals surface area contributed by atoms with Crippen molar-refractivity contribution in [3.63, 3.8) is 0 Å². The number of likely N-dealkylation sites (tertiary alicyclic amines) is 1. The van der Waals surface area contributed by atoms with Crippen LogP contribution in [0.5, 0.6) is 5.75 Å². The summed E-state index contributed by atoms with van der Waals surface area (Å²) in [5.74, 6) is 0.821. The van der Waals surface area contributed by atoms with Crippen molar-refractivity contribution in [2.45, 2.75) is 32.6 Å². The number of carbonyl (C=O) groups excluding carboxylic acids is 2. The highest BCUT2D eigenvalue weighted by molar-refractivity contribution is 6.30. The van der Waals surface area contributed by atoms with Crippen LogP contribution in [-0.2, 0) is 9.59 Å². The minimum Gasteiger partial charge on any atom is -0.484 e. The van der Waals surface area contributed by atoms with Crippen LogP contribution in [0.3, 0.4) is 0 Å². The van der Waals surface area contributed by atoms with Crippen molar-refractivity contribution in [2.75, 3.05) is 33.3 Å². The third-order valence-electron chi connectivity index (χ3n) is 4.60. The summed E-state index contributed by atoms with van der Waals surface area (Å²) < 4.78 is 5.51. The van der Waals surface area contributed by atoms with E-state index in [1.165, 1.54) is 0 Å². The molecule has 0 aromatic heterocycles. The summed E-state index contributed by atoms with van der Waals surface area (Å²) in [6.45, 7) is 4.16. The first-order valence-corrected chi connectivity index (χ1v) is 9.30. The molecule has 0 spiro atoms. The Kier molecular flexibility index (Phi) is 7.56. The standard InChI is InChI=1S/C19H27ClN2O3/c1-3-4-11-21(2)19(24)15-9-12-22(13-10-15)18(23)14-25-17-7-5-16(20)6-8-17/h5-8,15H,3-4,9-14H2,1-2H3. The maximum atomic E-state index is 12.4. The fraction of sp³-hybridized carbons (Fsp3) is 0.579. The average molecular weight is 367 g/mol. The number of ether oxygens (including phenoxy) is 1. The van der Waals surface area contributed by atoms with E-state index in [0.29, 0.717) is 23.9 Å². The molecule has 0 saturated carbocycles. The van der Waals surface area contributed by atoms with E-state index in [-0.39, 0.29) is 24.3 Å². The second kappa shape index (κ2) is 9.66. The van der Waals surface area contributed by atoms with E-state index in [0.717, 1.165) is 32.2 Å². The van der Waals surface area contributed by atoms with E-state index in [9.17, 15) is 9.59 Å². The Balaban J connectivity index is 1.74. The van der Waals surface area contributed by atoms with Crippen LogP contribution in [-0.4, -0.2) is 54.9 Å². The Hall–Kier alpha value is -1.75. The number of carbonyl (C=O) groups is 2. The molecule has 25 heavy (non-hydrogen) atoms. The zero-order valence-electron chi connectivity index (χ0n) is 15.0. The van der Waals surface area contributed by atoms with E-state index >= 15 is 0 Å². The van der Waals surface area contributed by atoms with E-state index in [1.807, 2.05) is 11.9 Å². The molecule has 0 bridgehead atoms. The van der Waals surface area contributed by atoms with Crippen LogP contribution in [0, 0.1) is 5.92 Å². The van der Waals surface area contributed by atoms with Crippen LogP contribution in [0.1, 0.15) is 32.6 Å². The molecule has 0 N–H and O–H groups in total. The van der Waals surface area contributed by atoms with Gasteiger partial charge in [-0.05, 0) is 43.5 Å². The molecule has 1 heterocycles. The van der Waals surface area contributed by atoms with Crippen LogP contribution in [0.25, 0.3) is 0 Å². The highest BCUT2D eigenvalue weighted by Crippen LogP contribution is 2.20. The zero-order valence-corrected chi connectivity index (χ0v) is 15.8. The Morgan fingerprint density at radius 2 is 1.88 bits per heavy atom. The molecule has 0 aliphatic carbocycles. The minimum atomic E-state index is -0.0415. The molecule has 2 amide bonds. The van der Waals surface area contributed by atoms with Gasteiger partial charge in [-0.15, -0.1) is 0 Å². The van der Waals surface area contributed by atoms with Crippen molar-refractivity contribution in [2.24, 2.45) is 5.92 Å². The maximum Gasteiger partial charge on any atom is 0.260 e.